The van der Waals surface area contributed by atoms with Crippen molar-refractivity contribution in [2.75, 3.05) is 5.32 Å². The van der Waals surface area contributed by atoms with Gasteiger partial charge in [0.1, 0.15) is 0 Å². The standard InChI is InChI=1S/C36H29N3O2/c40-35(29-9-17-33(18-10-29)38-21-1-2-22-38)25-27-5-13-31(14-6-27)37-32-15-7-28(8-16-32)26-36(41)30-11-19-34(20-12-30)39-23-3-4-24-39/h1-24,37H,25-26H2. The van der Waals surface area contributed by atoms with Gasteiger partial charge in [0.15, 0.2) is 11.6 Å². The fourth-order valence-electron chi connectivity index (χ4n) is 4.81. The molecule has 2 heterocycles. The number of carbonyl (C=O) groups is 2. The molecular formula is C36H29N3O2. The Morgan fingerprint density at radius 3 is 1.15 bits per heavy atom. The van der Waals surface area contributed by atoms with Crippen LogP contribution in [0.5, 0.6) is 0 Å². The van der Waals surface area contributed by atoms with Crippen molar-refractivity contribution >= 4 is 22.9 Å². The molecule has 0 saturated heterocycles. The van der Waals surface area contributed by atoms with Crippen molar-refractivity contribution in [3.63, 3.8) is 0 Å². The van der Waals surface area contributed by atoms with Gasteiger partial charge in [-0.15, -0.1) is 0 Å². The van der Waals surface area contributed by atoms with Crippen LogP contribution in [0.25, 0.3) is 11.4 Å². The van der Waals surface area contributed by atoms with Crippen LogP contribution in [0.15, 0.2) is 146 Å². The predicted octanol–water partition coefficient (Wildman–Crippen LogP) is 7.86. The summed E-state index contributed by atoms with van der Waals surface area (Å²) in [7, 11) is 0. The van der Waals surface area contributed by atoms with E-state index in [1.54, 1.807) is 0 Å². The van der Waals surface area contributed by atoms with Gasteiger partial charge < -0.3 is 14.5 Å². The Labute approximate surface area is 239 Å². The minimum absolute atomic E-state index is 0.0896. The largest absolute Gasteiger partial charge is 0.356 e. The maximum absolute atomic E-state index is 12.8. The number of anilines is 2. The second-order valence-electron chi connectivity index (χ2n) is 9.99. The van der Waals surface area contributed by atoms with E-state index >= 15 is 0 Å². The van der Waals surface area contributed by atoms with Crippen LogP contribution in [-0.4, -0.2) is 20.7 Å². The Morgan fingerprint density at radius 1 is 0.463 bits per heavy atom. The van der Waals surface area contributed by atoms with Crippen LogP contribution < -0.4 is 5.32 Å². The number of hydrogen-bond acceptors (Lipinski definition) is 3. The summed E-state index contributed by atoms with van der Waals surface area (Å²) >= 11 is 0. The third-order valence-electron chi connectivity index (χ3n) is 7.11. The van der Waals surface area contributed by atoms with Gasteiger partial charge in [0.2, 0.25) is 0 Å². The molecule has 0 aliphatic rings. The van der Waals surface area contributed by atoms with Crippen LogP contribution in [0.4, 0.5) is 11.4 Å². The SMILES string of the molecule is O=C(Cc1ccc(Nc2ccc(CC(=O)c3ccc(-n4cccc4)cc3)cc2)cc1)c1ccc(-n2cccc2)cc1. The van der Waals surface area contributed by atoms with Crippen molar-refractivity contribution in [1.82, 2.24) is 9.13 Å². The van der Waals surface area contributed by atoms with Crippen LogP contribution in [-0.2, 0) is 12.8 Å². The van der Waals surface area contributed by atoms with Gasteiger partial charge in [0.25, 0.3) is 0 Å². The van der Waals surface area contributed by atoms with E-state index < -0.39 is 0 Å². The zero-order chi connectivity index (χ0) is 28.0. The summed E-state index contributed by atoms with van der Waals surface area (Å²) in [6, 6.07) is 39.1. The van der Waals surface area contributed by atoms with Gasteiger partial charge in [-0.3, -0.25) is 9.59 Å². The minimum Gasteiger partial charge on any atom is -0.356 e. The molecule has 6 aromatic rings. The van der Waals surface area contributed by atoms with Crippen LogP contribution >= 0.6 is 0 Å². The van der Waals surface area contributed by atoms with Gasteiger partial charge in [-0.05, 0) is 108 Å². The second kappa shape index (κ2) is 11.8. The molecule has 2 aromatic heterocycles. The predicted molar refractivity (Wildman–Crippen MR) is 164 cm³/mol. The van der Waals surface area contributed by atoms with E-state index in [0.717, 1.165) is 33.9 Å². The lowest BCUT2D eigenvalue weighted by molar-refractivity contribution is 0.0985. The number of benzene rings is 4. The van der Waals surface area contributed by atoms with Gasteiger partial charge >= 0.3 is 0 Å². The van der Waals surface area contributed by atoms with Gasteiger partial charge in [-0.25, -0.2) is 0 Å². The molecule has 0 radical (unpaired) electrons. The lowest BCUT2D eigenvalue weighted by Gasteiger charge is -2.09. The number of nitrogens with one attached hydrogen (secondary N) is 1. The first kappa shape index (κ1) is 25.8. The summed E-state index contributed by atoms with van der Waals surface area (Å²) in [6.45, 7) is 0. The lowest BCUT2D eigenvalue weighted by Crippen LogP contribution is -2.04. The second-order valence-corrected chi connectivity index (χ2v) is 9.99. The molecule has 0 atom stereocenters. The van der Waals surface area contributed by atoms with Crippen molar-refractivity contribution in [2.24, 2.45) is 0 Å². The van der Waals surface area contributed by atoms with Gasteiger partial charge in [0.05, 0.1) is 0 Å². The Hall–Kier alpha value is -5.42. The summed E-state index contributed by atoms with van der Waals surface area (Å²) in [4.78, 5) is 25.6. The monoisotopic (exact) mass is 535 g/mol. The summed E-state index contributed by atoms with van der Waals surface area (Å²) in [5.74, 6) is 0.179. The highest BCUT2D eigenvalue weighted by atomic mass is 16.1. The van der Waals surface area contributed by atoms with E-state index in [4.69, 9.17) is 0 Å². The number of carbonyl (C=O) groups excluding carboxylic acids is 2. The topological polar surface area (TPSA) is 56.0 Å². The first-order chi connectivity index (χ1) is 20.1. The summed E-state index contributed by atoms with van der Waals surface area (Å²) < 4.78 is 4.02. The number of rotatable bonds is 10. The van der Waals surface area contributed by atoms with Crippen molar-refractivity contribution in [3.8, 4) is 11.4 Å². The van der Waals surface area contributed by atoms with Gasteiger partial charge in [0, 0.05) is 71.5 Å². The van der Waals surface area contributed by atoms with Gasteiger partial charge in [-0.2, -0.15) is 0 Å². The average Bonchev–Trinajstić information content (AvgIpc) is 3.75. The van der Waals surface area contributed by atoms with E-state index in [2.05, 4.69) is 5.32 Å². The third kappa shape index (κ3) is 6.26. The number of nitrogens with zero attached hydrogens (tertiary/aromatic N) is 2. The highest BCUT2D eigenvalue weighted by Crippen LogP contribution is 2.20. The van der Waals surface area contributed by atoms with E-state index in [1.807, 2.05) is 155 Å². The zero-order valence-electron chi connectivity index (χ0n) is 22.5. The van der Waals surface area contributed by atoms with E-state index in [1.165, 1.54) is 0 Å². The molecule has 6 rings (SSSR count). The van der Waals surface area contributed by atoms with Crippen molar-refractivity contribution in [1.29, 1.82) is 0 Å². The van der Waals surface area contributed by atoms with Crippen LogP contribution in [0.1, 0.15) is 31.8 Å². The molecule has 0 unspecified atom stereocenters. The molecule has 0 spiro atoms. The van der Waals surface area contributed by atoms with E-state index in [9.17, 15) is 9.59 Å². The molecule has 5 heteroatoms. The number of ketones is 2. The van der Waals surface area contributed by atoms with Crippen molar-refractivity contribution in [2.45, 2.75) is 12.8 Å². The Balaban J connectivity index is 1.02. The average molecular weight is 536 g/mol. The number of Topliss-reactive ketones (excluding diaryl/α,β-unsaturated/α-hetero) is 2. The summed E-state index contributed by atoms with van der Waals surface area (Å²) in [5, 5.41) is 3.39. The van der Waals surface area contributed by atoms with E-state index in [-0.39, 0.29) is 11.6 Å². The third-order valence-corrected chi connectivity index (χ3v) is 7.11. The molecule has 0 aliphatic carbocycles. The summed E-state index contributed by atoms with van der Waals surface area (Å²) in [6.07, 6.45) is 8.62. The molecule has 0 bridgehead atoms. The fourth-order valence-corrected chi connectivity index (χ4v) is 4.81. The summed E-state index contributed by atoms with van der Waals surface area (Å²) in [5.41, 5.74) is 7.26. The van der Waals surface area contributed by atoms with Crippen LogP contribution in [0, 0.1) is 0 Å². The van der Waals surface area contributed by atoms with Crippen molar-refractivity contribution < 1.29 is 9.59 Å². The Kier molecular flexibility index (Phi) is 7.41. The molecule has 0 saturated carbocycles. The number of hydrogen-bond donors (Lipinski definition) is 1. The molecule has 200 valence electrons. The first-order valence-corrected chi connectivity index (χ1v) is 13.6. The zero-order valence-corrected chi connectivity index (χ0v) is 22.5. The van der Waals surface area contributed by atoms with Gasteiger partial charge in [-0.1, -0.05) is 24.3 Å². The van der Waals surface area contributed by atoms with E-state index in [0.29, 0.717) is 24.0 Å². The van der Waals surface area contributed by atoms with Crippen molar-refractivity contribution in [3.05, 3.63) is 168 Å². The normalized spacial score (nSPS) is 10.8. The Bertz CT molecular complexity index is 1600. The smallest absolute Gasteiger partial charge is 0.167 e. The maximum Gasteiger partial charge on any atom is 0.167 e. The fraction of sp³-hybridized carbons (Fsp3) is 0.0556. The van der Waals surface area contributed by atoms with Crippen LogP contribution in [0.2, 0.25) is 0 Å². The highest BCUT2D eigenvalue weighted by Gasteiger charge is 2.10. The number of aromatic nitrogens is 2. The molecule has 5 nitrogen and oxygen atoms in total. The molecule has 4 aromatic carbocycles. The molecule has 0 aliphatic heterocycles. The molecule has 0 amide bonds. The lowest BCUT2D eigenvalue weighted by atomic mass is 10.0. The molecule has 41 heavy (non-hydrogen) atoms. The Morgan fingerprint density at radius 2 is 0.805 bits per heavy atom. The highest BCUT2D eigenvalue weighted by molar-refractivity contribution is 5.98. The minimum atomic E-state index is 0.0896. The first-order valence-electron chi connectivity index (χ1n) is 13.6. The molecular weight excluding hydrogens is 506 g/mol. The van der Waals surface area contributed by atoms with Crippen LogP contribution in [0.3, 0.4) is 0 Å². The molecule has 1 N–H and O–H groups in total. The quantitative estimate of drug-likeness (QED) is 0.182. The maximum atomic E-state index is 12.8. The molecule has 0 fully saturated rings.